The van der Waals surface area contributed by atoms with Crippen LogP contribution in [-0.4, -0.2) is 0 Å². The van der Waals surface area contributed by atoms with Crippen LogP contribution in [0.4, 0.5) is 4.39 Å². The predicted molar refractivity (Wildman–Crippen MR) is 121 cm³/mol. The Labute approximate surface area is 170 Å². The maximum absolute atomic E-state index is 13.4. The molecule has 27 heavy (non-hydrogen) atoms. The highest BCUT2D eigenvalue weighted by Crippen LogP contribution is 2.17. The molecule has 0 saturated carbocycles. The fourth-order valence-electron chi connectivity index (χ4n) is 2.95. The summed E-state index contributed by atoms with van der Waals surface area (Å²) in [4.78, 5) is 0. The molecular weight excluding hydrogens is 351 g/mol. The molecule has 0 aliphatic heterocycles. The van der Waals surface area contributed by atoms with E-state index in [9.17, 15) is 4.39 Å². The first kappa shape index (κ1) is 23.6. The lowest BCUT2D eigenvalue weighted by atomic mass is 10.0. The lowest BCUT2D eigenvalue weighted by molar-refractivity contribution is 0.616. The monoisotopic (exact) mass is 388 g/mol. The smallest absolute Gasteiger partial charge is 0.137 e. The van der Waals surface area contributed by atoms with Crippen LogP contribution in [-0.2, 0) is 6.42 Å². The van der Waals surface area contributed by atoms with Gasteiger partial charge in [0.25, 0.3) is 0 Å². The number of halogens is 1. The molecule has 1 aromatic heterocycles. The Morgan fingerprint density at radius 1 is 0.741 bits per heavy atom. The summed E-state index contributed by atoms with van der Waals surface area (Å²) in [5, 5.41) is 3.50. The van der Waals surface area contributed by atoms with Crippen molar-refractivity contribution in [1.82, 2.24) is 0 Å². The Morgan fingerprint density at radius 2 is 1.22 bits per heavy atom. The number of hydrogen-bond acceptors (Lipinski definition) is 1. The Balaban J connectivity index is 2.22. The number of thiophene rings is 1. The number of aryl methyl sites for hydroxylation is 1. The van der Waals surface area contributed by atoms with E-state index in [1.165, 1.54) is 40.1 Å². The highest BCUT2D eigenvalue weighted by molar-refractivity contribution is 7.08. The van der Waals surface area contributed by atoms with Gasteiger partial charge in [0.05, 0.1) is 0 Å². The van der Waals surface area contributed by atoms with Crippen molar-refractivity contribution in [2.75, 3.05) is 0 Å². The standard InChI is InChI=1S/C25H37FS/c1-20(2)10-6-11-21(3)12-7-13-22(4)14-8-15-23(5)16-9-17-24-18-27-19-25(24)26/h10,12,14,16,18-19H,6-9,11,13,15,17H2,1-5H3/b21-12+,22-14+,23-16+. The van der Waals surface area contributed by atoms with Crippen molar-refractivity contribution >= 4 is 11.3 Å². The van der Waals surface area contributed by atoms with Crippen molar-refractivity contribution in [3.63, 3.8) is 0 Å². The summed E-state index contributed by atoms with van der Waals surface area (Å²) in [6, 6.07) is 0. The van der Waals surface area contributed by atoms with Crippen LogP contribution in [0, 0.1) is 5.82 Å². The van der Waals surface area contributed by atoms with Crippen LogP contribution in [0.2, 0.25) is 0 Å². The van der Waals surface area contributed by atoms with E-state index in [2.05, 4.69) is 58.9 Å². The van der Waals surface area contributed by atoms with E-state index >= 15 is 0 Å². The third-order valence-corrected chi connectivity index (χ3v) is 5.51. The van der Waals surface area contributed by atoms with E-state index in [1.807, 2.05) is 5.38 Å². The molecule has 0 unspecified atom stereocenters. The molecule has 0 nitrogen and oxygen atoms in total. The van der Waals surface area contributed by atoms with Gasteiger partial charge >= 0.3 is 0 Å². The van der Waals surface area contributed by atoms with Gasteiger partial charge in [-0.25, -0.2) is 4.39 Å². The molecule has 1 heterocycles. The molecule has 0 radical (unpaired) electrons. The van der Waals surface area contributed by atoms with Gasteiger partial charge in [-0.2, -0.15) is 0 Å². The summed E-state index contributed by atoms with van der Waals surface area (Å²) in [7, 11) is 0. The molecule has 1 rings (SSSR count). The third-order valence-electron chi connectivity index (χ3n) is 4.75. The van der Waals surface area contributed by atoms with Crippen molar-refractivity contribution in [3.05, 3.63) is 68.7 Å². The topological polar surface area (TPSA) is 0 Å². The summed E-state index contributed by atoms with van der Waals surface area (Å²) in [6.07, 6.45) is 17.9. The average Bonchev–Trinajstić information content (AvgIpc) is 2.99. The molecule has 1 aromatic rings. The highest BCUT2D eigenvalue weighted by Gasteiger charge is 2.01. The largest absolute Gasteiger partial charge is 0.206 e. The normalized spacial score (nSPS) is 13.2. The maximum atomic E-state index is 13.4. The molecule has 0 saturated heterocycles. The first-order chi connectivity index (χ1) is 12.9. The minimum Gasteiger partial charge on any atom is -0.206 e. The van der Waals surface area contributed by atoms with Crippen LogP contribution in [0.3, 0.4) is 0 Å². The van der Waals surface area contributed by atoms with E-state index in [-0.39, 0.29) is 5.82 Å². The molecule has 0 fully saturated rings. The zero-order valence-electron chi connectivity index (χ0n) is 17.9. The second-order valence-electron chi connectivity index (χ2n) is 7.83. The van der Waals surface area contributed by atoms with Crippen molar-refractivity contribution < 1.29 is 4.39 Å². The van der Waals surface area contributed by atoms with Crippen molar-refractivity contribution in [3.8, 4) is 0 Å². The van der Waals surface area contributed by atoms with Crippen LogP contribution >= 0.6 is 11.3 Å². The van der Waals surface area contributed by atoms with E-state index in [0.717, 1.165) is 50.5 Å². The Kier molecular flexibility index (Phi) is 12.0. The average molecular weight is 389 g/mol. The Bertz CT molecular complexity index is 666. The summed E-state index contributed by atoms with van der Waals surface area (Å²) < 4.78 is 13.4. The predicted octanol–water partition coefficient (Wildman–Crippen LogP) is 8.97. The van der Waals surface area contributed by atoms with Crippen LogP contribution in [0.1, 0.15) is 85.1 Å². The number of hydrogen-bond donors (Lipinski definition) is 0. The minimum atomic E-state index is -0.0501. The molecule has 0 atom stereocenters. The summed E-state index contributed by atoms with van der Waals surface area (Å²) >= 11 is 1.44. The fraction of sp³-hybridized carbons (Fsp3) is 0.520. The quantitative estimate of drug-likeness (QED) is 0.313. The SMILES string of the molecule is CC(C)=CCC/C(C)=C/CC/C(C)=C/CC/C(C)=C/CCc1cscc1F. The molecule has 0 aliphatic carbocycles. The highest BCUT2D eigenvalue weighted by atomic mass is 32.1. The molecule has 150 valence electrons. The van der Waals surface area contributed by atoms with Gasteiger partial charge in [0.2, 0.25) is 0 Å². The minimum absolute atomic E-state index is 0.0501. The zero-order valence-corrected chi connectivity index (χ0v) is 18.7. The second-order valence-corrected chi connectivity index (χ2v) is 8.58. The number of allylic oxidation sites excluding steroid dienone is 8. The van der Waals surface area contributed by atoms with Gasteiger partial charge in [-0.05, 0) is 96.9 Å². The molecule has 0 aliphatic rings. The molecule has 0 amide bonds. The maximum Gasteiger partial charge on any atom is 0.137 e. The first-order valence-electron chi connectivity index (χ1n) is 10.2. The van der Waals surface area contributed by atoms with Crippen LogP contribution in [0.25, 0.3) is 0 Å². The van der Waals surface area contributed by atoms with Gasteiger partial charge in [-0.15, -0.1) is 11.3 Å². The van der Waals surface area contributed by atoms with E-state index in [1.54, 1.807) is 5.38 Å². The summed E-state index contributed by atoms with van der Waals surface area (Å²) in [5.74, 6) is -0.0501. The van der Waals surface area contributed by atoms with Crippen LogP contribution in [0.5, 0.6) is 0 Å². The molecular formula is C25H37FS. The molecule has 0 aromatic carbocycles. The van der Waals surface area contributed by atoms with Gasteiger partial charge in [0, 0.05) is 5.38 Å². The van der Waals surface area contributed by atoms with Gasteiger partial charge in [0.15, 0.2) is 0 Å². The Hall–Kier alpha value is -1.41. The lowest BCUT2D eigenvalue weighted by Crippen LogP contribution is -1.85. The molecule has 0 spiro atoms. The van der Waals surface area contributed by atoms with Gasteiger partial charge in [0.1, 0.15) is 5.82 Å². The van der Waals surface area contributed by atoms with E-state index in [0.29, 0.717) is 0 Å². The van der Waals surface area contributed by atoms with Crippen LogP contribution < -0.4 is 0 Å². The first-order valence-corrected chi connectivity index (χ1v) is 11.1. The zero-order chi connectivity index (χ0) is 20.1. The molecule has 0 N–H and O–H groups in total. The lowest BCUT2D eigenvalue weighted by Gasteiger charge is -2.03. The molecule has 2 heteroatoms. The number of rotatable bonds is 12. The van der Waals surface area contributed by atoms with Crippen LogP contribution in [0.15, 0.2) is 57.4 Å². The van der Waals surface area contributed by atoms with Gasteiger partial charge in [-0.3, -0.25) is 0 Å². The third kappa shape index (κ3) is 11.8. The Morgan fingerprint density at radius 3 is 1.67 bits per heavy atom. The summed E-state index contributed by atoms with van der Waals surface area (Å²) in [6.45, 7) is 11.0. The fourth-order valence-corrected chi connectivity index (χ4v) is 3.68. The molecule has 0 bridgehead atoms. The summed E-state index contributed by atoms with van der Waals surface area (Å²) in [5.41, 5.74) is 6.65. The van der Waals surface area contributed by atoms with Crippen molar-refractivity contribution in [1.29, 1.82) is 0 Å². The van der Waals surface area contributed by atoms with E-state index < -0.39 is 0 Å². The second kappa shape index (κ2) is 13.7. The van der Waals surface area contributed by atoms with E-state index in [4.69, 9.17) is 0 Å². The van der Waals surface area contributed by atoms with Gasteiger partial charge < -0.3 is 0 Å². The van der Waals surface area contributed by atoms with Crippen molar-refractivity contribution in [2.45, 2.75) is 86.0 Å². The van der Waals surface area contributed by atoms with Crippen molar-refractivity contribution in [2.24, 2.45) is 0 Å². The van der Waals surface area contributed by atoms with Gasteiger partial charge in [-0.1, -0.05) is 46.6 Å².